The van der Waals surface area contributed by atoms with Crippen molar-refractivity contribution in [2.45, 2.75) is 6.54 Å². The van der Waals surface area contributed by atoms with E-state index in [1.807, 2.05) is 0 Å². The van der Waals surface area contributed by atoms with Gasteiger partial charge in [0.1, 0.15) is 5.75 Å². The van der Waals surface area contributed by atoms with Crippen molar-refractivity contribution in [2.75, 3.05) is 6.54 Å². The molecule has 0 spiro atoms. The van der Waals surface area contributed by atoms with Crippen LogP contribution in [0.15, 0.2) is 30.9 Å². The number of nitrogens with zero attached hydrogens (tertiary/aromatic N) is 4. The number of nitrogens with one attached hydrogen (secondary N) is 1. The van der Waals surface area contributed by atoms with Crippen LogP contribution in [0.2, 0.25) is 0 Å². The lowest BCUT2D eigenvalue weighted by Gasteiger charge is -2.04. The number of aromatic hydroxyl groups is 1. The zero-order valence-electron chi connectivity index (χ0n) is 8.95. The second kappa shape index (κ2) is 5.06. The maximum atomic E-state index is 11.6. The van der Waals surface area contributed by atoms with Crippen LogP contribution in [0, 0.1) is 0 Å². The van der Waals surface area contributed by atoms with Gasteiger partial charge in [-0.3, -0.25) is 14.5 Å². The highest BCUT2D eigenvalue weighted by Crippen LogP contribution is 2.07. The van der Waals surface area contributed by atoms with Gasteiger partial charge in [0.15, 0.2) is 0 Å². The number of aromatic nitrogens is 4. The van der Waals surface area contributed by atoms with Crippen LogP contribution in [0.25, 0.3) is 0 Å². The van der Waals surface area contributed by atoms with E-state index in [9.17, 15) is 9.90 Å². The molecule has 7 heteroatoms. The molecule has 0 fully saturated rings. The summed E-state index contributed by atoms with van der Waals surface area (Å²) >= 11 is 0. The molecule has 17 heavy (non-hydrogen) atoms. The SMILES string of the molecule is O=C(NCCn1ccnn1)c1cncc(O)c1. The van der Waals surface area contributed by atoms with Gasteiger partial charge in [-0.2, -0.15) is 0 Å². The molecule has 0 aliphatic carbocycles. The maximum Gasteiger partial charge on any atom is 0.253 e. The van der Waals surface area contributed by atoms with Gasteiger partial charge >= 0.3 is 0 Å². The van der Waals surface area contributed by atoms with Crippen molar-refractivity contribution in [3.8, 4) is 5.75 Å². The number of rotatable bonds is 4. The van der Waals surface area contributed by atoms with Gasteiger partial charge in [0.05, 0.1) is 24.5 Å². The van der Waals surface area contributed by atoms with Crippen LogP contribution in [0.4, 0.5) is 0 Å². The number of hydrogen-bond donors (Lipinski definition) is 2. The average Bonchev–Trinajstić information content (AvgIpc) is 2.82. The summed E-state index contributed by atoms with van der Waals surface area (Å²) in [6.45, 7) is 0.968. The second-order valence-electron chi connectivity index (χ2n) is 3.35. The van der Waals surface area contributed by atoms with E-state index >= 15 is 0 Å². The number of carbonyl (C=O) groups is 1. The summed E-state index contributed by atoms with van der Waals surface area (Å²) in [5, 5.41) is 19.3. The fraction of sp³-hybridized carbons (Fsp3) is 0.200. The third kappa shape index (κ3) is 3.00. The van der Waals surface area contributed by atoms with E-state index in [1.54, 1.807) is 17.1 Å². The first-order chi connectivity index (χ1) is 8.25. The average molecular weight is 233 g/mol. The summed E-state index contributed by atoms with van der Waals surface area (Å²) < 4.78 is 1.61. The minimum atomic E-state index is -0.284. The quantitative estimate of drug-likeness (QED) is 0.763. The molecule has 1 amide bonds. The molecule has 0 aromatic carbocycles. The fourth-order valence-electron chi connectivity index (χ4n) is 1.29. The van der Waals surface area contributed by atoms with Crippen LogP contribution in [0.5, 0.6) is 5.75 Å². The number of hydrogen-bond acceptors (Lipinski definition) is 5. The van der Waals surface area contributed by atoms with Gasteiger partial charge in [-0.05, 0) is 6.07 Å². The molecule has 0 aliphatic heterocycles. The lowest BCUT2D eigenvalue weighted by atomic mass is 10.2. The van der Waals surface area contributed by atoms with Crippen LogP contribution >= 0.6 is 0 Å². The van der Waals surface area contributed by atoms with Crippen molar-refractivity contribution < 1.29 is 9.90 Å². The second-order valence-corrected chi connectivity index (χ2v) is 3.35. The van der Waals surface area contributed by atoms with Gasteiger partial charge in [-0.1, -0.05) is 5.21 Å². The van der Waals surface area contributed by atoms with Crippen molar-refractivity contribution in [1.82, 2.24) is 25.3 Å². The first-order valence-corrected chi connectivity index (χ1v) is 5.02. The zero-order valence-corrected chi connectivity index (χ0v) is 8.95. The smallest absolute Gasteiger partial charge is 0.253 e. The highest BCUT2D eigenvalue weighted by Gasteiger charge is 2.05. The monoisotopic (exact) mass is 233 g/mol. The topological polar surface area (TPSA) is 92.9 Å². The lowest BCUT2D eigenvalue weighted by molar-refractivity contribution is 0.0951. The van der Waals surface area contributed by atoms with Crippen LogP contribution < -0.4 is 5.32 Å². The minimum absolute atomic E-state index is 0.0334. The van der Waals surface area contributed by atoms with Gasteiger partial charge in [-0.25, -0.2) is 0 Å². The standard InChI is InChI=1S/C10H11N5O2/c16-9-5-8(6-11-7-9)10(17)12-1-3-15-4-2-13-14-15/h2,4-7,16H,1,3H2,(H,12,17). The van der Waals surface area contributed by atoms with E-state index in [0.717, 1.165) is 0 Å². The number of amides is 1. The predicted molar refractivity (Wildman–Crippen MR) is 58.3 cm³/mol. The van der Waals surface area contributed by atoms with Gasteiger partial charge < -0.3 is 10.4 Å². The third-order valence-corrected chi connectivity index (χ3v) is 2.08. The molecule has 0 bridgehead atoms. The lowest BCUT2D eigenvalue weighted by Crippen LogP contribution is -2.27. The van der Waals surface area contributed by atoms with Crippen molar-refractivity contribution >= 4 is 5.91 Å². The van der Waals surface area contributed by atoms with Crippen molar-refractivity contribution in [2.24, 2.45) is 0 Å². The molecule has 2 N–H and O–H groups in total. The van der Waals surface area contributed by atoms with E-state index in [2.05, 4.69) is 20.6 Å². The molecule has 2 aromatic rings. The Morgan fingerprint density at radius 2 is 2.35 bits per heavy atom. The molecule has 88 valence electrons. The Morgan fingerprint density at radius 3 is 3.06 bits per heavy atom. The molecule has 0 saturated carbocycles. The maximum absolute atomic E-state index is 11.6. The van der Waals surface area contributed by atoms with Crippen LogP contribution in [-0.2, 0) is 6.54 Å². The molecule has 7 nitrogen and oxygen atoms in total. The molecular formula is C10H11N5O2. The molecule has 0 radical (unpaired) electrons. The Labute approximate surface area is 97.1 Å². The highest BCUT2D eigenvalue weighted by atomic mass is 16.3. The third-order valence-electron chi connectivity index (χ3n) is 2.08. The largest absolute Gasteiger partial charge is 0.506 e. The zero-order chi connectivity index (χ0) is 12.1. The van der Waals surface area contributed by atoms with Crippen molar-refractivity contribution in [3.05, 3.63) is 36.4 Å². The summed E-state index contributed by atoms with van der Waals surface area (Å²) in [4.78, 5) is 15.3. The van der Waals surface area contributed by atoms with Crippen LogP contribution in [-0.4, -0.2) is 37.5 Å². The predicted octanol–water partition coefficient (Wildman–Crippen LogP) is -0.191. The minimum Gasteiger partial charge on any atom is -0.506 e. The Balaban J connectivity index is 1.85. The Bertz CT molecular complexity index is 497. The van der Waals surface area contributed by atoms with E-state index in [-0.39, 0.29) is 11.7 Å². The van der Waals surface area contributed by atoms with Gasteiger partial charge in [0.2, 0.25) is 0 Å². The molecule has 2 rings (SSSR count). The summed E-state index contributed by atoms with van der Waals surface area (Å²) in [5.41, 5.74) is 0.323. The number of pyridine rings is 1. The molecule has 2 aromatic heterocycles. The van der Waals surface area contributed by atoms with Gasteiger partial charge in [0.25, 0.3) is 5.91 Å². The van der Waals surface area contributed by atoms with Crippen LogP contribution in [0.3, 0.4) is 0 Å². The van der Waals surface area contributed by atoms with Crippen LogP contribution in [0.1, 0.15) is 10.4 Å². The Morgan fingerprint density at radius 1 is 1.47 bits per heavy atom. The Kier molecular flexibility index (Phi) is 3.29. The van der Waals surface area contributed by atoms with Gasteiger partial charge in [-0.15, -0.1) is 5.10 Å². The summed E-state index contributed by atoms with van der Waals surface area (Å²) in [6.07, 6.45) is 5.94. The highest BCUT2D eigenvalue weighted by molar-refractivity contribution is 5.94. The normalized spacial score (nSPS) is 10.1. The fourth-order valence-corrected chi connectivity index (χ4v) is 1.29. The molecule has 2 heterocycles. The molecule has 0 atom stereocenters. The first-order valence-electron chi connectivity index (χ1n) is 5.02. The molecular weight excluding hydrogens is 222 g/mol. The van der Waals surface area contributed by atoms with E-state index in [4.69, 9.17) is 0 Å². The molecule has 0 unspecified atom stereocenters. The summed E-state index contributed by atoms with van der Waals surface area (Å²) in [6, 6.07) is 1.36. The molecule has 0 saturated heterocycles. The van der Waals surface area contributed by atoms with E-state index in [0.29, 0.717) is 18.7 Å². The first kappa shape index (κ1) is 11.1. The number of carbonyl (C=O) groups excluding carboxylic acids is 1. The van der Waals surface area contributed by atoms with E-state index in [1.165, 1.54) is 18.5 Å². The molecule has 0 aliphatic rings. The van der Waals surface area contributed by atoms with E-state index < -0.39 is 0 Å². The van der Waals surface area contributed by atoms with Crippen molar-refractivity contribution in [1.29, 1.82) is 0 Å². The summed E-state index contributed by atoms with van der Waals surface area (Å²) in [7, 11) is 0. The Hall–Kier alpha value is -2.44. The van der Waals surface area contributed by atoms with Gasteiger partial charge in [0, 0.05) is 18.9 Å². The summed E-state index contributed by atoms with van der Waals surface area (Å²) in [5.74, 6) is -0.317. The van der Waals surface area contributed by atoms with Crippen molar-refractivity contribution in [3.63, 3.8) is 0 Å².